The molecule has 0 radical (unpaired) electrons. The van der Waals surface area contributed by atoms with Crippen LogP contribution in [-0.4, -0.2) is 0 Å². The minimum Gasteiger partial charge on any atom is -0.310 e. The minimum absolute atomic E-state index is 0.228. The van der Waals surface area contributed by atoms with Crippen molar-refractivity contribution in [1.29, 1.82) is 0 Å². The molecule has 0 aliphatic heterocycles. The first-order valence-electron chi connectivity index (χ1n) is 14.1. The molecule has 0 unspecified atom stereocenters. The van der Waals surface area contributed by atoms with Crippen molar-refractivity contribution in [3.05, 3.63) is 176 Å². The van der Waals surface area contributed by atoms with Crippen LogP contribution in [0.2, 0.25) is 0 Å². The van der Waals surface area contributed by atoms with Crippen molar-refractivity contribution in [1.82, 2.24) is 0 Å². The molecule has 0 N–H and O–H groups in total. The van der Waals surface area contributed by atoms with E-state index in [4.69, 9.17) is 0 Å². The third kappa shape index (κ3) is 5.18. The van der Waals surface area contributed by atoms with Crippen molar-refractivity contribution in [3.8, 4) is 33.4 Å². The topological polar surface area (TPSA) is 3.24 Å². The van der Waals surface area contributed by atoms with Gasteiger partial charge in [0.05, 0.1) is 0 Å². The zero-order chi connectivity index (χ0) is 28.3. The summed E-state index contributed by atoms with van der Waals surface area (Å²) >= 11 is 0. The molecule has 0 saturated carbocycles. The van der Waals surface area contributed by atoms with Crippen LogP contribution in [0, 0.1) is 5.82 Å². The average molecular weight is 542 g/mol. The molecule has 7 aromatic carbocycles. The van der Waals surface area contributed by atoms with Crippen molar-refractivity contribution in [3.63, 3.8) is 0 Å². The molecule has 0 aliphatic rings. The molecule has 0 heterocycles. The predicted octanol–water partition coefficient (Wildman–Crippen LogP) is 11.4. The van der Waals surface area contributed by atoms with E-state index in [1.54, 1.807) is 0 Å². The average Bonchev–Trinajstić information content (AvgIpc) is 3.06. The van der Waals surface area contributed by atoms with Crippen LogP contribution in [0.15, 0.2) is 170 Å². The zero-order valence-electron chi connectivity index (χ0n) is 23.0. The van der Waals surface area contributed by atoms with Gasteiger partial charge in [0.2, 0.25) is 0 Å². The molecule has 0 aromatic heterocycles. The summed E-state index contributed by atoms with van der Waals surface area (Å²) in [5.74, 6) is -0.228. The van der Waals surface area contributed by atoms with Crippen LogP contribution in [0.4, 0.5) is 21.5 Å². The smallest absolute Gasteiger partial charge is 0.123 e. The molecule has 0 spiro atoms. The highest BCUT2D eigenvalue weighted by Gasteiger charge is 2.14. The zero-order valence-corrected chi connectivity index (χ0v) is 23.0. The van der Waals surface area contributed by atoms with Crippen LogP contribution in [0.5, 0.6) is 0 Å². The Morgan fingerprint density at radius 3 is 1.21 bits per heavy atom. The molecule has 2 heteroatoms. The van der Waals surface area contributed by atoms with E-state index in [1.807, 2.05) is 18.2 Å². The van der Waals surface area contributed by atoms with Crippen molar-refractivity contribution in [2.45, 2.75) is 0 Å². The molecule has 0 bridgehead atoms. The second-order valence-corrected chi connectivity index (χ2v) is 10.4. The number of hydrogen-bond donors (Lipinski definition) is 0. The third-order valence-corrected chi connectivity index (χ3v) is 7.75. The van der Waals surface area contributed by atoms with Crippen LogP contribution in [0.25, 0.3) is 44.2 Å². The quantitative estimate of drug-likeness (QED) is 0.202. The van der Waals surface area contributed by atoms with Gasteiger partial charge in [0.15, 0.2) is 0 Å². The van der Waals surface area contributed by atoms with Gasteiger partial charge in [0, 0.05) is 17.1 Å². The van der Waals surface area contributed by atoms with E-state index in [0.29, 0.717) is 0 Å². The summed E-state index contributed by atoms with van der Waals surface area (Å²) in [5, 5.41) is 2.40. The van der Waals surface area contributed by atoms with E-state index in [-0.39, 0.29) is 5.82 Å². The first kappa shape index (κ1) is 25.5. The number of fused-ring (bicyclic) bond motifs is 1. The van der Waals surface area contributed by atoms with Gasteiger partial charge >= 0.3 is 0 Å². The Kier molecular flexibility index (Phi) is 6.79. The molecular formula is C40H28FN. The number of rotatable bonds is 6. The maximum Gasteiger partial charge on any atom is 0.123 e. The molecule has 0 amide bonds. The van der Waals surface area contributed by atoms with Gasteiger partial charge in [-0.2, -0.15) is 0 Å². The highest BCUT2D eigenvalue weighted by atomic mass is 19.1. The lowest BCUT2D eigenvalue weighted by Gasteiger charge is -2.26. The standard InChI is InChI=1S/C40H28FN/c41-37-21-14-33(15-22-37)35-18-25-39(26-19-35)42(40-27-20-30-8-4-5-9-36(30)28-40)38-23-16-34(17-24-38)32-12-10-31(11-13-32)29-6-2-1-3-7-29/h1-28H. The predicted molar refractivity (Wildman–Crippen MR) is 175 cm³/mol. The van der Waals surface area contributed by atoms with Crippen molar-refractivity contribution >= 4 is 27.8 Å². The molecule has 42 heavy (non-hydrogen) atoms. The Morgan fingerprint density at radius 1 is 0.310 bits per heavy atom. The summed E-state index contributed by atoms with van der Waals surface area (Å²) in [7, 11) is 0. The molecular weight excluding hydrogens is 513 g/mol. The lowest BCUT2D eigenvalue weighted by atomic mass is 10.00. The summed E-state index contributed by atoms with van der Waals surface area (Å²) in [6.07, 6.45) is 0. The van der Waals surface area contributed by atoms with Gasteiger partial charge in [-0.25, -0.2) is 4.39 Å². The van der Waals surface area contributed by atoms with Crippen molar-refractivity contribution < 1.29 is 4.39 Å². The number of nitrogens with zero attached hydrogens (tertiary/aromatic N) is 1. The van der Waals surface area contributed by atoms with Gasteiger partial charge in [0.25, 0.3) is 0 Å². The number of hydrogen-bond acceptors (Lipinski definition) is 1. The highest BCUT2D eigenvalue weighted by Crippen LogP contribution is 2.38. The molecule has 0 saturated heterocycles. The van der Waals surface area contributed by atoms with Gasteiger partial charge < -0.3 is 4.90 Å². The number of halogens is 1. The maximum absolute atomic E-state index is 13.5. The monoisotopic (exact) mass is 541 g/mol. The van der Waals surface area contributed by atoms with E-state index in [2.05, 4.69) is 144 Å². The molecule has 0 aliphatic carbocycles. The molecule has 7 rings (SSSR count). The van der Waals surface area contributed by atoms with Gasteiger partial charge in [-0.3, -0.25) is 0 Å². The Morgan fingerprint density at radius 2 is 0.690 bits per heavy atom. The Hall–Kier alpha value is -5.47. The highest BCUT2D eigenvalue weighted by molar-refractivity contribution is 5.89. The maximum atomic E-state index is 13.5. The van der Waals surface area contributed by atoms with Gasteiger partial charge in [0.1, 0.15) is 5.82 Å². The number of anilines is 3. The molecule has 200 valence electrons. The summed E-state index contributed by atoms with van der Waals surface area (Å²) in [4.78, 5) is 2.28. The van der Waals surface area contributed by atoms with Crippen LogP contribution >= 0.6 is 0 Å². The molecule has 7 aromatic rings. The largest absolute Gasteiger partial charge is 0.310 e. The van der Waals surface area contributed by atoms with Gasteiger partial charge in [-0.05, 0) is 92.7 Å². The van der Waals surface area contributed by atoms with E-state index in [9.17, 15) is 4.39 Å². The number of benzene rings is 7. The summed E-state index contributed by atoms with van der Waals surface area (Å²) in [5.41, 5.74) is 10.0. The van der Waals surface area contributed by atoms with Crippen molar-refractivity contribution in [2.24, 2.45) is 0 Å². The third-order valence-electron chi connectivity index (χ3n) is 7.75. The second kappa shape index (κ2) is 11.2. The lowest BCUT2D eigenvalue weighted by molar-refractivity contribution is 0.628. The van der Waals surface area contributed by atoms with Crippen LogP contribution in [0.3, 0.4) is 0 Å². The molecule has 0 atom stereocenters. The SMILES string of the molecule is Fc1ccc(-c2ccc(N(c3ccc(-c4ccc(-c5ccccc5)cc4)cc3)c3ccc4ccccc4c3)cc2)cc1. The summed E-state index contributed by atoms with van der Waals surface area (Å²) in [6.45, 7) is 0. The van der Waals surface area contributed by atoms with E-state index in [1.165, 1.54) is 45.2 Å². The Bertz CT molecular complexity index is 1940. The summed E-state index contributed by atoms with van der Waals surface area (Å²) < 4.78 is 13.5. The first-order chi connectivity index (χ1) is 20.7. The van der Waals surface area contributed by atoms with Crippen molar-refractivity contribution in [2.75, 3.05) is 4.90 Å². The minimum atomic E-state index is -0.228. The van der Waals surface area contributed by atoms with E-state index >= 15 is 0 Å². The molecule has 1 nitrogen and oxygen atoms in total. The van der Waals surface area contributed by atoms with Crippen LogP contribution in [0.1, 0.15) is 0 Å². The Labute approximate surface area is 245 Å². The normalized spacial score (nSPS) is 11.0. The first-order valence-corrected chi connectivity index (χ1v) is 14.1. The van der Waals surface area contributed by atoms with Gasteiger partial charge in [-0.1, -0.05) is 121 Å². The lowest BCUT2D eigenvalue weighted by Crippen LogP contribution is -2.09. The second-order valence-electron chi connectivity index (χ2n) is 10.4. The molecule has 0 fully saturated rings. The van der Waals surface area contributed by atoms with Crippen LogP contribution in [-0.2, 0) is 0 Å². The van der Waals surface area contributed by atoms with Crippen LogP contribution < -0.4 is 4.90 Å². The Balaban J connectivity index is 1.24. The fraction of sp³-hybridized carbons (Fsp3) is 0. The summed E-state index contributed by atoms with van der Waals surface area (Å²) in [6, 6.07) is 58.0. The fourth-order valence-corrected chi connectivity index (χ4v) is 5.50. The van der Waals surface area contributed by atoms with E-state index in [0.717, 1.165) is 28.2 Å². The van der Waals surface area contributed by atoms with E-state index < -0.39 is 0 Å². The van der Waals surface area contributed by atoms with Gasteiger partial charge in [-0.15, -0.1) is 0 Å². The fourth-order valence-electron chi connectivity index (χ4n) is 5.50.